The Morgan fingerprint density at radius 2 is 0.800 bits per heavy atom. The van der Waals surface area contributed by atoms with Crippen molar-refractivity contribution in [3.05, 3.63) is 0 Å². The van der Waals surface area contributed by atoms with Gasteiger partial charge in [0.1, 0.15) is 0 Å². The predicted octanol–water partition coefficient (Wildman–Crippen LogP) is -1.71. The maximum absolute atomic E-state index is 0. The number of rotatable bonds is 0. The molecule has 0 saturated heterocycles. The minimum absolute atomic E-state index is 0. The summed E-state index contributed by atoms with van der Waals surface area (Å²) in [6.45, 7) is 0. The number of hydrogen-bond donors (Lipinski definition) is 0. The molecule has 0 rings (SSSR count). The Kier molecular flexibility index (Phi) is 143. The van der Waals surface area contributed by atoms with Crippen LogP contribution in [0.1, 0.15) is 0 Å². The third-order valence-corrected chi connectivity index (χ3v) is 0. The van der Waals surface area contributed by atoms with Gasteiger partial charge in [-0.25, -0.2) is 0 Å². The summed E-state index contributed by atoms with van der Waals surface area (Å²) in [7, 11) is 0. The fourth-order valence-electron chi connectivity index (χ4n) is 0. The number of hydrogen-bond acceptors (Lipinski definition) is 0. The molecule has 0 aliphatic heterocycles. The molecule has 0 fully saturated rings. The molecule has 0 radical (unpaired) electrons. The Labute approximate surface area is 166 Å². The second kappa shape index (κ2) is 22.7. The van der Waals surface area contributed by atoms with Crippen molar-refractivity contribution in [2.75, 3.05) is 0 Å². The van der Waals surface area contributed by atoms with Crippen LogP contribution in [0.5, 0.6) is 0 Å². The Balaban J connectivity index is 0. The number of halogens is 2. The van der Waals surface area contributed by atoms with Crippen LogP contribution in [0.4, 0.5) is 0 Å². The summed E-state index contributed by atoms with van der Waals surface area (Å²) in [5, 5.41) is 0. The van der Waals surface area contributed by atoms with E-state index in [0.717, 1.165) is 0 Å². The first-order chi connectivity index (χ1) is 0. The third-order valence-electron chi connectivity index (χ3n) is 0. The molecule has 5 heteroatoms. The monoisotopic (exact) mass is 486 g/mol. The topological polar surface area (TPSA) is 0 Å². The van der Waals surface area contributed by atoms with E-state index in [4.69, 9.17) is 0 Å². The minimum atomic E-state index is 0. The fourth-order valence-corrected chi connectivity index (χ4v) is 0. The maximum atomic E-state index is 0. The molecule has 0 heterocycles. The Morgan fingerprint density at radius 1 is 0.800 bits per heavy atom. The average Bonchev–Trinajstić information content (AvgIpc) is 0. The molecule has 0 aliphatic carbocycles. The van der Waals surface area contributed by atoms with Crippen molar-refractivity contribution in [3.8, 4) is 0 Å². The van der Waals surface area contributed by atoms with Crippen LogP contribution >= 0.6 is 36.4 Å². The summed E-state index contributed by atoms with van der Waals surface area (Å²) < 4.78 is 0. The fraction of sp³-hybridized carbons (Fsp3) is 0. The van der Waals surface area contributed by atoms with E-state index in [2.05, 4.69) is 0 Å². The van der Waals surface area contributed by atoms with E-state index in [1.54, 1.807) is 0 Å². The quantitative estimate of drug-likeness (QED) is 0.284. The van der Waals surface area contributed by atoms with Gasteiger partial charge >= 0.3 is 136 Å². The van der Waals surface area contributed by atoms with Crippen LogP contribution in [-0.4, -0.2) is 136 Å². The molecule has 0 aliphatic rings. The second-order valence-corrected chi connectivity index (χ2v) is 0. The van der Waals surface area contributed by atoms with Gasteiger partial charge in [0.05, 0.1) is 0 Å². The summed E-state index contributed by atoms with van der Waals surface area (Å²) in [6.07, 6.45) is 0. The van der Waals surface area contributed by atoms with Gasteiger partial charge in [-0.05, 0) is 0 Å². The normalized spacial score (nSPS) is 0. The Bertz CT molecular complexity index is 9.61. The molecule has 0 aromatic heterocycles. The molecule has 0 atom stereocenters. The summed E-state index contributed by atoms with van der Waals surface area (Å²) in [6, 6.07) is 0. The van der Waals surface area contributed by atoms with E-state index < -0.39 is 0 Å². The molecular formula is H8Ba2CaClI. The van der Waals surface area contributed by atoms with Crippen molar-refractivity contribution >= 4 is 172 Å². The van der Waals surface area contributed by atoms with E-state index in [-0.39, 0.29) is 172 Å². The van der Waals surface area contributed by atoms with Gasteiger partial charge < -0.3 is 0 Å². The van der Waals surface area contributed by atoms with Crippen LogP contribution in [0.15, 0.2) is 0 Å². The third kappa shape index (κ3) is 17.7. The van der Waals surface area contributed by atoms with Gasteiger partial charge in [0, 0.05) is 0 Å². The van der Waals surface area contributed by atoms with Crippen LogP contribution in [-0.2, 0) is 0 Å². The van der Waals surface area contributed by atoms with E-state index in [9.17, 15) is 0 Å². The van der Waals surface area contributed by atoms with Crippen molar-refractivity contribution in [3.63, 3.8) is 0 Å². The van der Waals surface area contributed by atoms with Crippen LogP contribution in [0, 0.1) is 0 Å². The Hall–Kier alpha value is 5.42. The van der Waals surface area contributed by atoms with E-state index >= 15 is 0 Å². The first kappa shape index (κ1) is 31.5. The molecule has 0 amide bonds. The molecule has 0 saturated carbocycles. The van der Waals surface area contributed by atoms with Crippen LogP contribution in [0.3, 0.4) is 0 Å². The van der Waals surface area contributed by atoms with Gasteiger partial charge in [-0.2, -0.15) is 0 Å². The van der Waals surface area contributed by atoms with Crippen molar-refractivity contribution < 1.29 is 0 Å². The van der Waals surface area contributed by atoms with Gasteiger partial charge in [-0.15, -0.1) is 36.4 Å². The van der Waals surface area contributed by atoms with Gasteiger partial charge in [-0.3, -0.25) is 0 Å². The van der Waals surface area contributed by atoms with Crippen molar-refractivity contribution in [2.24, 2.45) is 0 Å². The first-order valence-corrected chi connectivity index (χ1v) is 0. The molecule has 0 aromatic carbocycles. The molecule has 0 unspecified atom stereocenters. The summed E-state index contributed by atoms with van der Waals surface area (Å²) in [5.74, 6) is 0. The van der Waals surface area contributed by atoms with Gasteiger partial charge in [0.25, 0.3) is 0 Å². The van der Waals surface area contributed by atoms with E-state index in [1.807, 2.05) is 0 Å². The zero-order valence-corrected chi connectivity index (χ0v) is 3.96. The van der Waals surface area contributed by atoms with Crippen LogP contribution in [0.2, 0.25) is 0 Å². The second-order valence-electron chi connectivity index (χ2n) is 0. The SMILES string of the molecule is Cl.I.[BaH2].[BaH2].[CaH2]. The summed E-state index contributed by atoms with van der Waals surface area (Å²) in [5.41, 5.74) is 0. The molecule has 0 N–H and O–H groups in total. The summed E-state index contributed by atoms with van der Waals surface area (Å²) in [4.78, 5) is 0. The molecular weight excluding hydrogens is 477 g/mol. The van der Waals surface area contributed by atoms with Crippen LogP contribution in [0.25, 0.3) is 0 Å². The zero-order valence-electron chi connectivity index (χ0n) is 0.816. The van der Waals surface area contributed by atoms with Crippen molar-refractivity contribution in [1.29, 1.82) is 0 Å². The standard InChI is InChI=1S/2Ba.Ca.ClH.HI.6H/h;;;2*1H;;;;;;. The van der Waals surface area contributed by atoms with E-state index in [0.29, 0.717) is 0 Å². The Morgan fingerprint density at radius 3 is 0.800 bits per heavy atom. The molecule has 0 nitrogen and oxygen atoms in total. The summed E-state index contributed by atoms with van der Waals surface area (Å²) >= 11 is 0. The van der Waals surface area contributed by atoms with Gasteiger partial charge in [-0.1, -0.05) is 0 Å². The van der Waals surface area contributed by atoms with Crippen molar-refractivity contribution in [2.45, 2.75) is 0 Å². The first-order valence-electron chi connectivity index (χ1n) is 0. The van der Waals surface area contributed by atoms with Crippen molar-refractivity contribution in [1.82, 2.24) is 0 Å². The average molecular weight is 485 g/mol. The molecule has 0 spiro atoms. The van der Waals surface area contributed by atoms with Crippen LogP contribution < -0.4 is 0 Å². The van der Waals surface area contributed by atoms with Gasteiger partial charge in [0.15, 0.2) is 0 Å². The molecule has 5 heavy (non-hydrogen) atoms. The predicted molar refractivity (Wildman–Crippen MR) is 48.3 cm³/mol. The molecule has 0 bridgehead atoms. The zero-order chi connectivity index (χ0) is 0. The molecule has 0 aromatic rings. The van der Waals surface area contributed by atoms with E-state index in [1.165, 1.54) is 0 Å². The molecule has 28 valence electrons. The van der Waals surface area contributed by atoms with Gasteiger partial charge in [0.2, 0.25) is 0 Å².